The van der Waals surface area contributed by atoms with Gasteiger partial charge < -0.3 is 9.47 Å². The predicted molar refractivity (Wildman–Crippen MR) is 82.2 cm³/mol. The van der Waals surface area contributed by atoms with E-state index in [1.54, 1.807) is 13.2 Å². The van der Waals surface area contributed by atoms with Crippen molar-refractivity contribution < 1.29 is 13.9 Å². The van der Waals surface area contributed by atoms with E-state index >= 15 is 0 Å². The van der Waals surface area contributed by atoms with Crippen LogP contribution < -0.4 is 9.47 Å². The van der Waals surface area contributed by atoms with Gasteiger partial charge in [0.15, 0.2) is 11.5 Å². The summed E-state index contributed by atoms with van der Waals surface area (Å²) in [4.78, 5) is -0.0349. The number of benzene rings is 1. The molecule has 2 nitrogen and oxygen atoms in total. The number of halogens is 2. The zero-order valence-corrected chi connectivity index (χ0v) is 14.5. The maximum atomic E-state index is 14.3. The van der Waals surface area contributed by atoms with Gasteiger partial charge in [-0.3, -0.25) is 0 Å². The lowest BCUT2D eigenvalue weighted by Crippen LogP contribution is -2.04. The van der Waals surface area contributed by atoms with E-state index in [1.807, 2.05) is 0 Å². The molecule has 0 heterocycles. The van der Waals surface area contributed by atoms with Crippen LogP contribution in [0.25, 0.3) is 0 Å². The van der Waals surface area contributed by atoms with Crippen LogP contribution in [0.4, 0.5) is 4.39 Å². The van der Waals surface area contributed by atoms with Gasteiger partial charge in [-0.2, -0.15) is 0 Å². The van der Waals surface area contributed by atoms with E-state index in [9.17, 15) is 4.39 Å². The molecule has 20 heavy (non-hydrogen) atoms. The molecule has 1 atom stereocenters. The second-order valence-corrected chi connectivity index (χ2v) is 7.54. The molecule has 1 aromatic carbocycles. The highest BCUT2D eigenvalue weighted by molar-refractivity contribution is 9.09. The molecule has 1 aliphatic rings. The molecule has 0 amide bonds. The van der Waals surface area contributed by atoms with Crippen LogP contribution in [-0.2, 0) is 0 Å². The molecule has 0 spiro atoms. The minimum Gasteiger partial charge on any atom is -0.493 e. The third-order valence-corrected chi connectivity index (χ3v) is 6.25. The first-order valence-corrected chi connectivity index (χ1v) is 7.65. The van der Waals surface area contributed by atoms with Crippen molar-refractivity contribution in [2.75, 3.05) is 14.2 Å². The fraction of sp³-hybridized carbons (Fsp3) is 0.625. The zero-order chi connectivity index (χ0) is 15.3. The van der Waals surface area contributed by atoms with Gasteiger partial charge in [-0.05, 0) is 22.8 Å². The lowest BCUT2D eigenvalue weighted by Gasteiger charge is -2.16. The highest BCUT2D eigenvalue weighted by Gasteiger charge is 2.67. The van der Waals surface area contributed by atoms with Gasteiger partial charge in [-0.1, -0.05) is 43.6 Å². The van der Waals surface area contributed by atoms with Crippen molar-refractivity contribution in [2.24, 2.45) is 16.7 Å². The average molecular weight is 345 g/mol. The van der Waals surface area contributed by atoms with Crippen LogP contribution in [-0.4, -0.2) is 14.2 Å². The van der Waals surface area contributed by atoms with Crippen LogP contribution in [0.15, 0.2) is 12.1 Å². The lowest BCUT2D eigenvalue weighted by molar-refractivity contribution is 0.351. The Morgan fingerprint density at radius 1 is 1.05 bits per heavy atom. The maximum absolute atomic E-state index is 14.3. The topological polar surface area (TPSA) is 18.5 Å². The molecule has 4 heteroatoms. The maximum Gasteiger partial charge on any atom is 0.163 e. The van der Waals surface area contributed by atoms with Crippen LogP contribution in [0.2, 0.25) is 0 Å². The van der Waals surface area contributed by atoms with E-state index in [0.717, 1.165) is 0 Å². The van der Waals surface area contributed by atoms with Crippen molar-refractivity contribution in [3.63, 3.8) is 0 Å². The van der Waals surface area contributed by atoms with E-state index in [0.29, 0.717) is 23.0 Å². The number of methoxy groups -OCH3 is 2. The minimum atomic E-state index is -0.261. The zero-order valence-electron chi connectivity index (χ0n) is 12.9. The van der Waals surface area contributed by atoms with Gasteiger partial charge in [-0.25, -0.2) is 4.39 Å². The highest BCUT2D eigenvalue weighted by atomic mass is 79.9. The van der Waals surface area contributed by atoms with Crippen LogP contribution in [0.3, 0.4) is 0 Å². The fourth-order valence-corrected chi connectivity index (χ4v) is 4.91. The highest BCUT2D eigenvalue weighted by Crippen LogP contribution is 2.74. The molecular formula is C16H22BrFO2. The number of alkyl halides is 1. The van der Waals surface area contributed by atoms with Gasteiger partial charge in [0.2, 0.25) is 0 Å². The largest absolute Gasteiger partial charge is 0.493 e. The van der Waals surface area contributed by atoms with Crippen molar-refractivity contribution in [3.8, 4) is 11.5 Å². The van der Waals surface area contributed by atoms with Gasteiger partial charge in [-0.15, -0.1) is 0 Å². The Hall–Kier alpha value is -0.770. The van der Waals surface area contributed by atoms with Crippen molar-refractivity contribution in [1.29, 1.82) is 0 Å². The van der Waals surface area contributed by atoms with Gasteiger partial charge in [0, 0.05) is 16.5 Å². The number of hydrogen-bond donors (Lipinski definition) is 0. The molecule has 1 fully saturated rings. The fourth-order valence-electron chi connectivity index (χ4n) is 3.24. The quantitative estimate of drug-likeness (QED) is 0.718. The van der Waals surface area contributed by atoms with Crippen LogP contribution >= 0.6 is 15.9 Å². The molecule has 0 N–H and O–H groups in total. The molecule has 0 bridgehead atoms. The minimum absolute atomic E-state index is 0.0349. The average Bonchev–Trinajstić information content (AvgIpc) is 2.78. The molecule has 0 aliphatic heterocycles. The monoisotopic (exact) mass is 344 g/mol. The Morgan fingerprint density at radius 3 is 1.90 bits per heavy atom. The molecule has 1 unspecified atom stereocenters. The number of ether oxygens (including phenoxy) is 2. The first-order chi connectivity index (χ1) is 9.18. The van der Waals surface area contributed by atoms with E-state index in [1.165, 1.54) is 13.2 Å². The van der Waals surface area contributed by atoms with E-state index in [2.05, 4.69) is 43.6 Å². The molecule has 2 rings (SSSR count). The molecule has 1 saturated carbocycles. The van der Waals surface area contributed by atoms with Gasteiger partial charge in [0.05, 0.1) is 14.2 Å². The predicted octanol–water partition coefficient (Wildman–Crippen LogP) is 4.96. The summed E-state index contributed by atoms with van der Waals surface area (Å²) in [5.41, 5.74) is 0.993. The third-order valence-electron chi connectivity index (χ3n) is 5.23. The molecular weight excluding hydrogens is 323 g/mol. The summed E-state index contributed by atoms with van der Waals surface area (Å²) >= 11 is 3.69. The van der Waals surface area contributed by atoms with Crippen molar-refractivity contribution >= 4 is 15.9 Å². The van der Waals surface area contributed by atoms with Crippen molar-refractivity contribution in [1.82, 2.24) is 0 Å². The first kappa shape index (κ1) is 15.6. The van der Waals surface area contributed by atoms with Crippen LogP contribution in [0.1, 0.15) is 38.1 Å². The standard InChI is InChI=1S/C16H22BrFO2/c1-15(2)14(16(15,3)4)13(17)9-7-11(19-5)12(20-6)8-10(9)18/h7-8,13-14H,1-6H3. The molecule has 0 radical (unpaired) electrons. The van der Waals surface area contributed by atoms with Crippen LogP contribution in [0, 0.1) is 22.6 Å². The summed E-state index contributed by atoms with van der Waals surface area (Å²) in [6.45, 7) is 8.91. The normalized spacial score (nSPS) is 21.4. The summed E-state index contributed by atoms with van der Waals surface area (Å²) < 4.78 is 24.7. The summed E-state index contributed by atoms with van der Waals surface area (Å²) in [6.07, 6.45) is 0. The Balaban J connectivity index is 2.39. The Kier molecular flexibility index (Phi) is 3.83. The molecule has 1 aromatic rings. The summed E-state index contributed by atoms with van der Waals surface area (Å²) in [5, 5.41) is 0. The molecule has 1 aliphatic carbocycles. The first-order valence-electron chi connectivity index (χ1n) is 6.74. The number of hydrogen-bond acceptors (Lipinski definition) is 2. The van der Waals surface area contributed by atoms with Gasteiger partial charge in [0.25, 0.3) is 0 Å². The lowest BCUT2D eigenvalue weighted by atomic mass is 10.0. The number of rotatable bonds is 4. The molecule has 0 aromatic heterocycles. The molecule has 112 valence electrons. The van der Waals surface area contributed by atoms with E-state index in [4.69, 9.17) is 9.47 Å². The Labute approximate surface area is 128 Å². The summed E-state index contributed by atoms with van der Waals surface area (Å²) in [6, 6.07) is 3.13. The molecule has 0 saturated heterocycles. The van der Waals surface area contributed by atoms with Crippen LogP contribution in [0.5, 0.6) is 11.5 Å². The third kappa shape index (κ3) is 2.12. The second kappa shape index (κ2) is 4.90. The Morgan fingerprint density at radius 2 is 1.50 bits per heavy atom. The van der Waals surface area contributed by atoms with E-state index in [-0.39, 0.29) is 21.5 Å². The second-order valence-electron chi connectivity index (χ2n) is 6.55. The van der Waals surface area contributed by atoms with Crippen molar-refractivity contribution in [3.05, 3.63) is 23.5 Å². The van der Waals surface area contributed by atoms with Crippen molar-refractivity contribution in [2.45, 2.75) is 32.5 Å². The van der Waals surface area contributed by atoms with E-state index < -0.39 is 0 Å². The smallest absolute Gasteiger partial charge is 0.163 e. The van der Waals surface area contributed by atoms with Gasteiger partial charge >= 0.3 is 0 Å². The summed E-state index contributed by atoms with van der Waals surface area (Å²) in [5.74, 6) is 1.10. The Bertz CT molecular complexity index is 511. The summed E-state index contributed by atoms with van der Waals surface area (Å²) in [7, 11) is 3.07. The SMILES string of the molecule is COc1cc(F)c(C(Br)C2C(C)(C)C2(C)C)cc1OC. The van der Waals surface area contributed by atoms with Gasteiger partial charge in [0.1, 0.15) is 5.82 Å².